The number of benzene rings is 2. The summed E-state index contributed by atoms with van der Waals surface area (Å²) in [5, 5.41) is 8.95. The zero-order valence-corrected chi connectivity index (χ0v) is 17.4. The molecule has 0 radical (unpaired) electrons. The molecule has 1 heterocycles. The van der Waals surface area contributed by atoms with Crippen LogP contribution in [0, 0.1) is 0 Å². The fourth-order valence-electron chi connectivity index (χ4n) is 3.02. The van der Waals surface area contributed by atoms with Gasteiger partial charge >= 0.3 is 0 Å². The van der Waals surface area contributed by atoms with Crippen molar-refractivity contribution in [3.8, 4) is 0 Å². The number of nitrogens with one attached hydrogen (secondary N) is 2. The van der Waals surface area contributed by atoms with Crippen LogP contribution in [0.1, 0.15) is 12.0 Å². The van der Waals surface area contributed by atoms with Gasteiger partial charge in [0.25, 0.3) is 0 Å². The van der Waals surface area contributed by atoms with Gasteiger partial charge in [0.15, 0.2) is 15.8 Å². The van der Waals surface area contributed by atoms with Gasteiger partial charge in [-0.15, -0.1) is 24.0 Å². The Morgan fingerprint density at radius 3 is 2.64 bits per heavy atom. The molecule has 5 nitrogen and oxygen atoms in total. The largest absolute Gasteiger partial charge is 0.356 e. The lowest BCUT2D eigenvalue weighted by Crippen LogP contribution is -2.44. The first-order valence-electron chi connectivity index (χ1n) is 8.21. The van der Waals surface area contributed by atoms with Crippen molar-refractivity contribution in [1.29, 1.82) is 0 Å². The SMILES string of the molecule is CN=C(NCCc1ccc2ccccc2c1)NC1CCS(=O)(=O)C1.I. The van der Waals surface area contributed by atoms with Gasteiger partial charge in [0.2, 0.25) is 0 Å². The lowest BCUT2D eigenvalue weighted by molar-refractivity contribution is 0.599. The molecule has 0 amide bonds. The number of nitrogens with zero attached hydrogens (tertiary/aromatic N) is 1. The van der Waals surface area contributed by atoms with Gasteiger partial charge in [-0.25, -0.2) is 8.42 Å². The Bertz CT molecular complexity index is 852. The Labute approximate surface area is 166 Å². The average Bonchev–Trinajstić information content (AvgIpc) is 2.92. The molecule has 0 spiro atoms. The van der Waals surface area contributed by atoms with Crippen molar-refractivity contribution in [3.05, 3.63) is 48.0 Å². The van der Waals surface area contributed by atoms with Crippen molar-refractivity contribution in [1.82, 2.24) is 10.6 Å². The van der Waals surface area contributed by atoms with Crippen LogP contribution in [0.2, 0.25) is 0 Å². The molecule has 2 aromatic rings. The number of rotatable bonds is 4. The Hall–Kier alpha value is -1.35. The van der Waals surface area contributed by atoms with Gasteiger partial charge in [-0.05, 0) is 29.2 Å². The molecule has 1 aliphatic heterocycles. The minimum absolute atomic E-state index is 0. The number of guanidine groups is 1. The Balaban J connectivity index is 0.00000225. The summed E-state index contributed by atoms with van der Waals surface area (Å²) in [7, 11) is -1.18. The van der Waals surface area contributed by atoms with Crippen LogP contribution < -0.4 is 10.6 Å². The number of halogens is 1. The van der Waals surface area contributed by atoms with E-state index in [1.54, 1.807) is 7.05 Å². The minimum Gasteiger partial charge on any atom is -0.356 e. The molecular weight excluding hydrogens is 449 g/mol. The van der Waals surface area contributed by atoms with E-state index in [0.29, 0.717) is 12.4 Å². The highest BCUT2D eigenvalue weighted by molar-refractivity contribution is 14.0. The first kappa shape index (κ1) is 20.0. The molecule has 0 bridgehead atoms. The predicted octanol–water partition coefficient (Wildman–Crippen LogP) is 2.35. The highest BCUT2D eigenvalue weighted by Crippen LogP contribution is 2.15. The summed E-state index contributed by atoms with van der Waals surface area (Å²) >= 11 is 0. The lowest BCUT2D eigenvalue weighted by atomic mass is 10.1. The zero-order chi connectivity index (χ0) is 17.0. The smallest absolute Gasteiger partial charge is 0.191 e. The zero-order valence-electron chi connectivity index (χ0n) is 14.2. The first-order chi connectivity index (χ1) is 11.6. The molecule has 2 N–H and O–H groups in total. The first-order valence-corrected chi connectivity index (χ1v) is 10.0. The van der Waals surface area contributed by atoms with Gasteiger partial charge in [0.1, 0.15) is 0 Å². The van der Waals surface area contributed by atoms with Crippen LogP contribution in [-0.4, -0.2) is 45.5 Å². The molecule has 1 atom stereocenters. The Morgan fingerprint density at radius 1 is 1.20 bits per heavy atom. The van der Waals surface area contributed by atoms with Crippen molar-refractivity contribution >= 4 is 50.5 Å². The maximum atomic E-state index is 11.5. The van der Waals surface area contributed by atoms with Crippen LogP contribution in [0.3, 0.4) is 0 Å². The molecule has 0 aromatic heterocycles. The van der Waals surface area contributed by atoms with E-state index in [4.69, 9.17) is 0 Å². The highest BCUT2D eigenvalue weighted by Gasteiger charge is 2.28. The molecular formula is C18H24IN3O2S. The third-order valence-electron chi connectivity index (χ3n) is 4.32. The third-order valence-corrected chi connectivity index (χ3v) is 6.08. The summed E-state index contributed by atoms with van der Waals surface area (Å²) in [6.45, 7) is 0.748. The Morgan fingerprint density at radius 2 is 1.96 bits per heavy atom. The number of fused-ring (bicyclic) bond motifs is 1. The molecule has 25 heavy (non-hydrogen) atoms. The summed E-state index contributed by atoms with van der Waals surface area (Å²) in [5.41, 5.74) is 1.26. The molecule has 1 saturated heterocycles. The average molecular weight is 473 g/mol. The number of hydrogen-bond acceptors (Lipinski definition) is 3. The topological polar surface area (TPSA) is 70.6 Å². The maximum Gasteiger partial charge on any atom is 0.191 e. The van der Waals surface area contributed by atoms with Crippen LogP contribution in [0.15, 0.2) is 47.5 Å². The van der Waals surface area contributed by atoms with Gasteiger partial charge in [-0.2, -0.15) is 0 Å². The third kappa shape index (κ3) is 5.57. The molecule has 1 unspecified atom stereocenters. The van der Waals surface area contributed by atoms with Gasteiger partial charge in [0.05, 0.1) is 11.5 Å². The van der Waals surface area contributed by atoms with Crippen molar-refractivity contribution in [3.63, 3.8) is 0 Å². The van der Waals surface area contributed by atoms with Crippen LogP contribution in [0.4, 0.5) is 0 Å². The molecule has 3 rings (SSSR count). The maximum absolute atomic E-state index is 11.5. The molecule has 0 saturated carbocycles. The van der Waals surface area contributed by atoms with Crippen LogP contribution in [-0.2, 0) is 16.3 Å². The van der Waals surface area contributed by atoms with E-state index in [2.05, 4.69) is 46.0 Å². The molecule has 136 valence electrons. The van der Waals surface area contributed by atoms with E-state index in [1.807, 2.05) is 12.1 Å². The normalized spacial score (nSPS) is 19.4. The number of sulfone groups is 1. The molecule has 2 aromatic carbocycles. The highest BCUT2D eigenvalue weighted by atomic mass is 127. The summed E-state index contributed by atoms with van der Waals surface area (Å²) in [6.07, 6.45) is 1.53. The molecule has 1 fully saturated rings. The standard InChI is InChI=1S/C18H23N3O2S.HI/c1-19-18(21-17-9-11-24(22,23)13-17)20-10-8-14-6-7-15-4-2-3-5-16(15)12-14;/h2-7,12,17H,8-11,13H2,1H3,(H2,19,20,21);1H. The second-order valence-electron chi connectivity index (χ2n) is 6.17. The summed E-state index contributed by atoms with van der Waals surface area (Å²) < 4.78 is 23.0. The number of aliphatic imine (C=N–C) groups is 1. The van der Waals surface area contributed by atoms with E-state index >= 15 is 0 Å². The quantitative estimate of drug-likeness (QED) is 0.407. The fourth-order valence-corrected chi connectivity index (χ4v) is 4.69. The van der Waals surface area contributed by atoms with Crippen molar-refractivity contribution < 1.29 is 8.42 Å². The van der Waals surface area contributed by atoms with Gasteiger partial charge in [-0.1, -0.05) is 42.5 Å². The fraction of sp³-hybridized carbons (Fsp3) is 0.389. The molecule has 7 heteroatoms. The van der Waals surface area contributed by atoms with Crippen LogP contribution >= 0.6 is 24.0 Å². The second-order valence-corrected chi connectivity index (χ2v) is 8.40. The minimum atomic E-state index is -2.88. The molecule has 0 aliphatic carbocycles. The number of hydrogen-bond donors (Lipinski definition) is 2. The van der Waals surface area contributed by atoms with E-state index in [0.717, 1.165) is 13.0 Å². The second kappa shape index (κ2) is 8.84. The van der Waals surface area contributed by atoms with E-state index in [-0.39, 0.29) is 41.5 Å². The summed E-state index contributed by atoms with van der Waals surface area (Å²) in [6, 6.07) is 14.8. The Kier molecular flexibility index (Phi) is 7.06. The summed E-state index contributed by atoms with van der Waals surface area (Å²) in [5.74, 6) is 1.12. The van der Waals surface area contributed by atoms with Gasteiger partial charge < -0.3 is 10.6 Å². The van der Waals surface area contributed by atoms with E-state index in [9.17, 15) is 8.42 Å². The van der Waals surface area contributed by atoms with Crippen LogP contribution in [0.25, 0.3) is 10.8 Å². The molecule has 1 aliphatic rings. The monoisotopic (exact) mass is 473 g/mol. The van der Waals surface area contributed by atoms with Gasteiger partial charge in [-0.3, -0.25) is 4.99 Å². The van der Waals surface area contributed by atoms with Crippen molar-refractivity contribution in [2.75, 3.05) is 25.1 Å². The lowest BCUT2D eigenvalue weighted by Gasteiger charge is -2.16. The van der Waals surface area contributed by atoms with E-state index in [1.165, 1.54) is 16.3 Å². The van der Waals surface area contributed by atoms with Crippen molar-refractivity contribution in [2.24, 2.45) is 4.99 Å². The summed E-state index contributed by atoms with van der Waals surface area (Å²) in [4.78, 5) is 4.18. The van der Waals surface area contributed by atoms with E-state index < -0.39 is 9.84 Å². The van der Waals surface area contributed by atoms with Crippen molar-refractivity contribution in [2.45, 2.75) is 18.9 Å². The van der Waals surface area contributed by atoms with Gasteiger partial charge in [0, 0.05) is 19.6 Å². The van der Waals surface area contributed by atoms with Crippen LogP contribution in [0.5, 0.6) is 0 Å². The predicted molar refractivity (Wildman–Crippen MR) is 115 cm³/mol.